The van der Waals surface area contributed by atoms with Crippen LogP contribution in [-0.4, -0.2) is 35.0 Å². The fourth-order valence-electron chi connectivity index (χ4n) is 5.39. The van der Waals surface area contributed by atoms with Gasteiger partial charge in [-0.05, 0) is 82.5 Å². The van der Waals surface area contributed by atoms with Crippen LogP contribution in [0.25, 0.3) is 0 Å². The Morgan fingerprint density at radius 3 is 2.39 bits per heavy atom. The molecule has 0 heterocycles. The fraction of sp³-hybridized carbons (Fsp3) is 0.800. The lowest BCUT2D eigenvalue weighted by Gasteiger charge is -2.32. The molecular formula is C25H42N2O4. The van der Waals surface area contributed by atoms with Crippen LogP contribution in [0.15, 0.2) is 12.2 Å². The van der Waals surface area contributed by atoms with Crippen LogP contribution in [0.5, 0.6) is 0 Å². The average molecular weight is 435 g/mol. The summed E-state index contributed by atoms with van der Waals surface area (Å²) in [4.78, 5) is 35.6. The van der Waals surface area contributed by atoms with Gasteiger partial charge in [-0.2, -0.15) is 0 Å². The Bertz CT molecular complexity index is 643. The lowest BCUT2D eigenvalue weighted by Crippen LogP contribution is -2.55. The van der Waals surface area contributed by atoms with E-state index in [0.717, 1.165) is 38.0 Å². The van der Waals surface area contributed by atoms with Crippen LogP contribution in [0.2, 0.25) is 0 Å². The van der Waals surface area contributed by atoms with Crippen molar-refractivity contribution in [2.75, 3.05) is 6.54 Å². The van der Waals surface area contributed by atoms with Crippen LogP contribution >= 0.6 is 0 Å². The molecule has 0 unspecified atom stereocenters. The highest BCUT2D eigenvalue weighted by Crippen LogP contribution is 2.53. The Morgan fingerprint density at radius 1 is 1.00 bits per heavy atom. The van der Waals surface area contributed by atoms with Gasteiger partial charge in [0.25, 0.3) is 0 Å². The summed E-state index contributed by atoms with van der Waals surface area (Å²) in [5.74, 6) is 1.59. The molecule has 0 aromatic rings. The molecule has 2 rings (SSSR count). The number of fused-ring (bicyclic) bond motifs is 2. The first-order valence-electron chi connectivity index (χ1n) is 12.2. The summed E-state index contributed by atoms with van der Waals surface area (Å²) in [5, 5.41) is 14.8. The van der Waals surface area contributed by atoms with E-state index in [2.05, 4.69) is 29.7 Å². The maximum absolute atomic E-state index is 12.8. The highest BCUT2D eigenvalue weighted by molar-refractivity contribution is 5.90. The largest absolute Gasteiger partial charge is 0.481 e. The van der Waals surface area contributed by atoms with Crippen molar-refractivity contribution >= 4 is 17.8 Å². The highest BCUT2D eigenvalue weighted by atomic mass is 16.4. The number of carbonyl (C=O) groups is 3. The molecule has 3 N–H and O–H groups in total. The summed E-state index contributed by atoms with van der Waals surface area (Å²) in [6.07, 6.45) is 14.3. The van der Waals surface area contributed by atoms with Crippen molar-refractivity contribution in [3.63, 3.8) is 0 Å². The van der Waals surface area contributed by atoms with Gasteiger partial charge in [-0.3, -0.25) is 14.4 Å². The topological polar surface area (TPSA) is 95.5 Å². The lowest BCUT2D eigenvalue weighted by atomic mass is 9.77. The van der Waals surface area contributed by atoms with Crippen LogP contribution in [-0.2, 0) is 14.4 Å². The number of aliphatic carboxylic acids is 1. The number of rotatable bonds is 14. The first-order chi connectivity index (χ1) is 14.7. The van der Waals surface area contributed by atoms with Crippen molar-refractivity contribution in [3.05, 3.63) is 12.2 Å². The molecule has 2 fully saturated rings. The zero-order chi connectivity index (χ0) is 22.9. The van der Waals surface area contributed by atoms with E-state index in [4.69, 9.17) is 5.11 Å². The summed E-state index contributed by atoms with van der Waals surface area (Å²) < 4.78 is 0. The van der Waals surface area contributed by atoms with Gasteiger partial charge in [-0.1, -0.05) is 31.9 Å². The average Bonchev–Trinajstić information content (AvgIpc) is 3.30. The predicted octanol–water partition coefficient (Wildman–Crippen LogP) is 4.44. The third-order valence-electron chi connectivity index (χ3n) is 7.14. The first kappa shape index (κ1) is 25.4. The van der Waals surface area contributed by atoms with E-state index in [-0.39, 0.29) is 18.2 Å². The summed E-state index contributed by atoms with van der Waals surface area (Å²) in [6, 6.07) is 0. The highest BCUT2D eigenvalue weighted by Gasteiger charge is 2.46. The van der Waals surface area contributed by atoms with Crippen molar-refractivity contribution in [3.8, 4) is 0 Å². The van der Waals surface area contributed by atoms with Crippen LogP contribution in [0.3, 0.4) is 0 Å². The maximum Gasteiger partial charge on any atom is 0.303 e. The summed E-state index contributed by atoms with van der Waals surface area (Å²) in [6.45, 7) is 6.33. The molecule has 0 saturated heterocycles. The number of carboxylic acid groups (broad SMARTS) is 1. The van der Waals surface area contributed by atoms with Crippen LogP contribution in [0, 0.1) is 23.7 Å². The van der Waals surface area contributed by atoms with E-state index in [9.17, 15) is 14.4 Å². The molecule has 0 spiro atoms. The number of hydrogen-bond acceptors (Lipinski definition) is 3. The second kappa shape index (κ2) is 12.3. The van der Waals surface area contributed by atoms with Crippen LogP contribution < -0.4 is 10.6 Å². The molecule has 2 bridgehead atoms. The molecule has 2 aliphatic carbocycles. The summed E-state index contributed by atoms with van der Waals surface area (Å²) in [7, 11) is 0. The van der Waals surface area contributed by atoms with Gasteiger partial charge in [-0.15, -0.1) is 0 Å². The van der Waals surface area contributed by atoms with Crippen molar-refractivity contribution in [2.45, 2.75) is 96.9 Å². The molecule has 0 radical (unpaired) electrons. The molecule has 6 nitrogen and oxygen atoms in total. The Balaban J connectivity index is 1.80. The number of allylic oxidation sites excluding steroid dienone is 2. The van der Waals surface area contributed by atoms with E-state index < -0.39 is 11.5 Å². The zero-order valence-corrected chi connectivity index (χ0v) is 19.6. The maximum atomic E-state index is 12.8. The third kappa shape index (κ3) is 7.97. The molecule has 0 aromatic carbocycles. The molecule has 2 amide bonds. The number of hydrogen-bond donors (Lipinski definition) is 3. The number of nitrogens with one attached hydrogen (secondary N) is 2. The minimum absolute atomic E-state index is 0.0561. The van der Waals surface area contributed by atoms with Crippen molar-refractivity contribution < 1.29 is 19.5 Å². The van der Waals surface area contributed by atoms with E-state index in [1.807, 2.05) is 0 Å². The van der Waals surface area contributed by atoms with E-state index in [0.29, 0.717) is 37.1 Å². The van der Waals surface area contributed by atoms with Gasteiger partial charge in [0, 0.05) is 19.4 Å². The molecule has 6 heteroatoms. The molecule has 2 aliphatic rings. The SMILES string of the molecule is CCCCCC(=O)NC(C)(C)C(=O)NC[C@@H]1[C@@H]2CC[C@@H](C2)[C@@H]1CC=CCCCC(=O)O. The van der Waals surface area contributed by atoms with Gasteiger partial charge in [-0.25, -0.2) is 0 Å². The molecule has 176 valence electrons. The summed E-state index contributed by atoms with van der Waals surface area (Å²) in [5.41, 5.74) is -0.902. The number of carbonyl (C=O) groups excluding carboxylic acids is 2. The van der Waals surface area contributed by atoms with Crippen LogP contribution in [0.1, 0.15) is 91.4 Å². The molecule has 4 atom stereocenters. The lowest BCUT2D eigenvalue weighted by molar-refractivity contribution is -0.137. The van der Waals surface area contributed by atoms with Crippen LogP contribution in [0.4, 0.5) is 0 Å². The second-order valence-electron chi connectivity index (χ2n) is 9.99. The quantitative estimate of drug-likeness (QED) is 0.278. The zero-order valence-electron chi connectivity index (χ0n) is 19.6. The van der Waals surface area contributed by atoms with Gasteiger partial charge in [0.2, 0.25) is 11.8 Å². The first-order valence-corrected chi connectivity index (χ1v) is 12.2. The van der Waals surface area contributed by atoms with Crippen molar-refractivity contribution in [2.24, 2.45) is 23.7 Å². The number of carboxylic acids is 1. The van der Waals surface area contributed by atoms with E-state index >= 15 is 0 Å². The van der Waals surface area contributed by atoms with Gasteiger partial charge < -0.3 is 15.7 Å². The molecule has 31 heavy (non-hydrogen) atoms. The molecule has 0 aromatic heterocycles. The molecular weight excluding hydrogens is 392 g/mol. The number of amides is 2. The summed E-state index contributed by atoms with van der Waals surface area (Å²) >= 11 is 0. The minimum Gasteiger partial charge on any atom is -0.481 e. The number of unbranched alkanes of at least 4 members (excludes halogenated alkanes) is 3. The predicted molar refractivity (Wildman–Crippen MR) is 122 cm³/mol. The van der Waals surface area contributed by atoms with Crippen molar-refractivity contribution in [1.82, 2.24) is 10.6 Å². The van der Waals surface area contributed by atoms with Gasteiger partial charge in [0.1, 0.15) is 5.54 Å². The Morgan fingerprint density at radius 2 is 1.71 bits per heavy atom. The van der Waals surface area contributed by atoms with E-state index in [1.54, 1.807) is 13.8 Å². The molecule has 2 saturated carbocycles. The fourth-order valence-corrected chi connectivity index (χ4v) is 5.39. The van der Waals surface area contributed by atoms with E-state index in [1.165, 1.54) is 19.3 Å². The smallest absolute Gasteiger partial charge is 0.303 e. The second-order valence-corrected chi connectivity index (χ2v) is 9.99. The Kier molecular flexibility index (Phi) is 10.0. The van der Waals surface area contributed by atoms with Gasteiger partial charge in [0.15, 0.2) is 0 Å². The third-order valence-corrected chi connectivity index (χ3v) is 7.14. The Hall–Kier alpha value is -1.85. The normalized spacial score (nSPS) is 25.1. The minimum atomic E-state index is -0.902. The van der Waals surface area contributed by atoms with Gasteiger partial charge in [0.05, 0.1) is 0 Å². The van der Waals surface area contributed by atoms with Crippen molar-refractivity contribution in [1.29, 1.82) is 0 Å². The molecule has 0 aliphatic heterocycles. The standard InChI is InChI=1S/C25H42N2O4/c1-4-5-8-12-22(28)27-25(2,3)24(31)26-17-21-19-15-14-18(16-19)20(21)11-9-6-7-10-13-23(29)30/h6,9,18-21H,4-5,7-8,10-17H2,1-3H3,(H,26,31)(H,27,28)(H,29,30)/t18-,19+,20-,21+/m0/s1. The van der Waals surface area contributed by atoms with Gasteiger partial charge >= 0.3 is 5.97 Å². The Labute approximate surface area is 187 Å². The monoisotopic (exact) mass is 434 g/mol.